The summed E-state index contributed by atoms with van der Waals surface area (Å²) in [4.78, 5) is 14.3. The van der Waals surface area contributed by atoms with Crippen molar-refractivity contribution in [1.82, 2.24) is 0 Å². The third-order valence-corrected chi connectivity index (χ3v) is 3.59. The zero-order valence-electron chi connectivity index (χ0n) is 9.67. The Bertz CT molecular complexity index is 475. The first-order valence-corrected chi connectivity index (χ1v) is 5.75. The topological polar surface area (TPSA) is 86.1 Å². The van der Waals surface area contributed by atoms with Gasteiger partial charge in [0.1, 0.15) is 5.76 Å². The van der Waals surface area contributed by atoms with Crippen molar-refractivity contribution >= 4 is 16.9 Å². The molecule has 0 fully saturated rings. The average Bonchev–Trinajstić information content (AvgIpc) is 2.48. The Morgan fingerprint density at radius 3 is 2.94 bits per heavy atom. The first-order chi connectivity index (χ1) is 7.94. The van der Waals surface area contributed by atoms with Gasteiger partial charge in [-0.3, -0.25) is 4.79 Å². The maximum Gasteiger partial charge on any atom is 0.220 e. The quantitative estimate of drug-likeness (QED) is 0.360. The van der Waals surface area contributed by atoms with Crippen LogP contribution in [0.15, 0.2) is 40.8 Å². The fourth-order valence-electron chi connectivity index (χ4n) is 1.53. The monoisotopic (exact) mass is 251 g/mol. The molecule has 0 amide bonds. The Kier molecular flexibility index (Phi) is 4.04. The first kappa shape index (κ1) is 13.4. The normalized spacial score (nSPS) is 24.8. The average molecular weight is 251 g/mol. The molecule has 90 valence electrons. The standard InChI is InChI=1S/C11H13N3O2S/c1-4-7(2)5-11(3)9(15)8(6-13-14-12)10(16)17-11/h4-5,15H,1,6H2,2-3H3/b7-5+/t11-/m1/s1. The van der Waals surface area contributed by atoms with Crippen LogP contribution in [-0.4, -0.2) is 21.5 Å². The van der Waals surface area contributed by atoms with Crippen LogP contribution in [0.5, 0.6) is 0 Å². The highest BCUT2D eigenvalue weighted by atomic mass is 32.2. The van der Waals surface area contributed by atoms with E-state index in [1.807, 2.05) is 6.92 Å². The van der Waals surface area contributed by atoms with Gasteiger partial charge in [-0.05, 0) is 19.4 Å². The van der Waals surface area contributed by atoms with Crippen molar-refractivity contribution in [2.45, 2.75) is 18.6 Å². The minimum absolute atomic E-state index is 0.0406. The molecule has 0 aromatic carbocycles. The smallest absolute Gasteiger partial charge is 0.220 e. The van der Waals surface area contributed by atoms with E-state index in [1.165, 1.54) is 0 Å². The van der Waals surface area contributed by atoms with Gasteiger partial charge in [0.05, 0.1) is 16.9 Å². The van der Waals surface area contributed by atoms with E-state index in [1.54, 1.807) is 19.1 Å². The van der Waals surface area contributed by atoms with Crippen molar-refractivity contribution in [3.05, 3.63) is 46.1 Å². The van der Waals surface area contributed by atoms with Gasteiger partial charge >= 0.3 is 0 Å². The summed E-state index contributed by atoms with van der Waals surface area (Å²) >= 11 is 1.01. The van der Waals surface area contributed by atoms with Gasteiger partial charge in [-0.1, -0.05) is 41.2 Å². The number of hydrogen-bond donors (Lipinski definition) is 1. The maximum absolute atomic E-state index is 11.7. The Hall–Kier alpha value is -1.65. The number of aliphatic hydroxyl groups is 1. The molecule has 5 nitrogen and oxygen atoms in total. The van der Waals surface area contributed by atoms with E-state index >= 15 is 0 Å². The predicted molar refractivity (Wildman–Crippen MR) is 68.6 cm³/mol. The summed E-state index contributed by atoms with van der Waals surface area (Å²) in [5.74, 6) is -0.0406. The molecule has 1 aliphatic heterocycles. The number of hydrogen-bond acceptors (Lipinski definition) is 4. The van der Waals surface area contributed by atoms with Gasteiger partial charge in [0, 0.05) is 4.91 Å². The second-order valence-electron chi connectivity index (χ2n) is 3.81. The fourth-order valence-corrected chi connectivity index (χ4v) is 2.67. The highest BCUT2D eigenvalue weighted by Gasteiger charge is 2.41. The molecular formula is C11H13N3O2S. The van der Waals surface area contributed by atoms with Crippen LogP contribution in [0.25, 0.3) is 10.4 Å². The van der Waals surface area contributed by atoms with E-state index in [0.717, 1.165) is 17.3 Å². The highest BCUT2D eigenvalue weighted by Crippen LogP contribution is 2.44. The van der Waals surface area contributed by atoms with E-state index < -0.39 is 4.75 Å². The Labute approximate surface area is 104 Å². The van der Waals surface area contributed by atoms with Crippen molar-refractivity contribution in [3.8, 4) is 0 Å². The third-order valence-electron chi connectivity index (χ3n) is 2.42. The maximum atomic E-state index is 11.7. The molecule has 0 saturated carbocycles. The number of allylic oxidation sites excluding steroid dienone is 2. The summed E-state index contributed by atoms with van der Waals surface area (Å²) in [6.07, 6.45) is 3.41. The number of rotatable bonds is 4. The molecule has 1 N–H and O–H groups in total. The molecule has 1 atom stereocenters. The molecule has 0 aromatic rings. The van der Waals surface area contributed by atoms with Crippen LogP contribution in [0.4, 0.5) is 0 Å². The fraction of sp³-hybridized carbons (Fsp3) is 0.364. The van der Waals surface area contributed by atoms with E-state index in [0.29, 0.717) is 0 Å². The van der Waals surface area contributed by atoms with Crippen LogP contribution < -0.4 is 0 Å². The third kappa shape index (κ3) is 2.72. The van der Waals surface area contributed by atoms with E-state index in [-0.39, 0.29) is 23.0 Å². The number of thioether (sulfide) groups is 1. The van der Waals surface area contributed by atoms with E-state index in [2.05, 4.69) is 16.6 Å². The molecule has 0 spiro atoms. The Morgan fingerprint density at radius 1 is 1.76 bits per heavy atom. The second-order valence-corrected chi connectivity index (χ2v) is 5.23. The Balaban J connectivity index is 3.15. The molecule has 17 heavy (non-hydrogen) atoms. The molecule has 1 heterocycles. The lowest BCUT2D eigenvalue weighted by Gasteiger charge is -2.18. The summed E-state index contributed by atoms with van der Waals surface area (Å²) in [6, 6.07) is 0. The summed E-state index contributed by atoms with van der Waals surface area (Å²) in [5, 5.41) is 13.1. The number of nitrogens with zero attached hydrogens (tertiary/aromatic N) is 3. The van der Waals surface area contributed by atoms with Gasteiger partial charge in [0.2, 0.25) is 5.12 Å². The second kappa shape index (κ2) is 5.12. The molecule has 1 aliphatic rings. The number of azide groups is 1. The lowest BCUT2D eigenvalue weighted by Crippen LogP contribution is -2.17. The van der Waals surface area contributed by atoms with Crippen molar-refractivity contribution in [3.63, 3.8) is 0 Å². The van der Waals surface area contributed by atoms with Crippen molar-refractivity contribution < 1.29 is 9.90 Å². The Morgan fingerprint density at radius 2 is 2.41 bits per heavy atom. The zero-order chi connectivity index (χ0) is 13.1. The number of carbonyl (C=O) groups excluding carboxylic acids is 1. The summed E-state index contributed by atoms with van der Waals surface area (Å²) in [7, 11) is 0. The van der Waals surface area contributed by atoms with Crippen molar-refractivity contribution in [2.24, 2.45) is 5.11 Å². The van der Waals surface area contributed by atoms with E-state index in [9.17, 15) is 9.90 Å². The van der Waals surface area contributed by atoms with Crippen LogP contribution in [-0.2, 0) is 4.79 Å². The molecule has 0 radical (unpaired) electrons. The molecule has 0 unspecified atom stereocenters. The number of carbonyl (C=O) groups is 1. The van der Waals surface area contributed by atoms with Gasteiger partial charge < -0.3 is 5.11 Å². The van der Waals surface area contributed by atoms with Gasteiger partial charge in [0.15, 0.2) is 0 Å². The van der Waals surface area contributed by atoms with E-state index in [4.69, 9.17) is 5.53 Å². The SMILES string of the molecule is C=C/C(C)=C/[C@@]1(C)SC(=O)C(CN=[N+]=[N-])=C1O. The van der Waals surface area contributed by atoms with Gasteiger partial charge in [-0.2, -0.15) is 0 Å². The molecular weight excluding hydrogens is 238 g/mol. The summed E-state index contributed by atoms with van der Waals surface area (Å²) < 4.78 is -0.796. The van der Waals surface area contributed by atoms with Gasteiger partial charge in [-0.15, -0.1) is 0 Å². The molecule has 0 saturated heterocycles. The molecule has 1 rings (SSSR count). The largest absolute Gasteiger partial charge is 0.510 e. The number of aliphatic hydroxyl groups excluding tert-OH is 1. The summed E-state index contributed by atoms with van der Waals surface area (Å²) in [6.45, 7) is 7.07. The molecule has 0 aromatic heterocycles. The lowest BCUT2D eigenvalue weighted by molar-refractivity contribution is -0.107. The van der Waals surface area contributed by atoms with Crippen LogP contribution in [0.1, 0.15) is 13.8 Å². The van der Waals surface area contributed by atoms with Crippen LogP contribution in [0.2, 0.25) is 0 Å². The highest BCUT2D eigenvalue weighted by molar-refractivity contribution is 8.16. The molecule has 6 heteroatoms. The first-order valence-electron chi connectivity index (χ1n) is 4.93. The zero-order valence-corrected chi connectivity index (χ0v) is 10.5. The van der Waals surface area contributed by atoms with Gasteiger partial charge in [0.25, 0.3) is 0 Å². The van der Waals surface area contributed by atoms with Crippen LogP contribution >= 0.6 is 11.8 Å². The summed E-state index contributed by atoms with van der Waals surface area (Å²) in [5.41, 5.74) is 9.26. The minimum Gasteiger partial charge on any atom is -0.510 e. The van der Waals surface area contributed by atoms with Gasteiger partial charge in [-0.25, -0.2) is 0 Å². The molecule has 0 bridgehead atoms. The minimum atomic E-state index is -0.796. The lowest BCUT2D eigenvalue weighted by atomic mass is 10.0. The molecule has 0 aliphatic carbocycles. The predicted octanol–water partition coefficient (Wildman–Crippen LogP) is 3.27. The van der Waals surface area contributed by atoms with Crippen LogP contribution in [0.3, 0.4) is 0 Å². The van der Waals surface area contributed by atoms with Crippen LogP contribution in [0, 0.1) is 0 Å². The van der Waals surface area contributed by atoms with Crippen molar-refractivity contribution in [1.29, 1.82) is 0 Å². The van der Waals surface area contributed by atoms with Crippen molar-refractivity contribution in [2.75, 3.05) is 6.54 Å².